The summed E-state index contributed by atoms with van der Waals surface area (Å²) in [4.78, 5) is 24.0. The maximum Gasteiger partial charge on any atom is 0.348 e. The van der Waals surface area contributed by atoms with E-state index in [-0.39, 0.29) is 12.4 Å². The van der Waals surface area contributed by atoms with E-state index in [9.17, 15) is 9.59 Å². The Labute approximate surface area is 148 Å². The summed E-state index contributed by atoms with van der Waals surface area (Å²) in [5.74, 6) is 0.0966. The first kappa shape index (κ1) is 17.2. The summed E-state index contributed by atoms with van der Waals surface area (Å²) in [7, 11) is 1.53. The van der Waals surface area contributed by atoms with E-state index >= 15 is 0 Å². The smallest absolute Gasteiger partial charge is 0.348 e. The number of hydrogen-bond donors (Lipinski definition) is 0. The quantitative estimate of drug-likeness (QED) is 0.486. The van der Waals surface area contributed by atoms with Crippen LogP contribution in [0.1, 0.15) is 32.5 Å². The summed E-state index contributed by atoms with van der Waals surface area (Å²) < 4.78 is 12.2. The molecule has 1 aromatic heterocycles. The molecule has 22 heavy (non-hydrogen) atoms. The predicted molar refractivity (Wildman–Crippen MR) is 91.8 cm³/mol. The van der Waals surface area contributed by atoms with Crippen LogP contribution in [0.2, 0.25) is 0 Å². The first-order valence-corrected chi connectivity index (χ1v) is 8.62. The topological polar surface area (TPSA) is 52.6 Å². The second-order valence-electron chi connectivity index (χ2n) is 4.39. The second-order valence-corrected chi connectivity index (χ2v) is 7.62. The summed E-state index contributed by atoms with van der Waals surface area (Å²) in [6.45, 7) is 1.52. The molecule has 0 fully saturated rings. The fraction of sp³-hybridized carbons (Fsp3) is 0.200. The van der Waals surface area contributed by atoms with Crippen LogP contribution in [-0.2, 0) is 11.3 Å². The number of rotatable bonds is 5. The highest BCUT2D eigenvalue weighted by Gasteiger charge is 2.15. The van der Waals surface area contributed by atoms with Gasteiger partial charge in [0.05, 0.1) is 10.9 Å². The van der Waals surface area contributed by atoms with Gasteiger partial charge in [-0.2, -0.15) is 0 Å². The molecule has 0 saturated heterocycles. The number of carbonyl (C=O) groups excluding carboxylic acids is 2. The number of Topliss-reactive ketones (excluding diaryl/α,β-unsaturated/α-hetero) is 1. The van der Waals surface area contributed by atoms with Crippen molar-refractivity contribution in [1.82, 2.24) is 0 Å². The van der Waals surface area contributed by atoms with Crippen LogP contribution in [-0.4, -0.2) is 18.9 Å². The number of carbonyl (C=O) groups is 2. The van der Waals surface area contributed by atoms with Gasteiger partial charge in [-0.05, 0) is 63.0 Å². The monoisotopic (exact) mass is 446 g/mol. The third-order valence-electron chi connectivity index (χ3n) is 2.89. The van der Waals surface area contributed by atoms with Crippen LogP contribution in [0.5, 0.6) is 5.75 Å². The zero-order valence-corrected chi connectivity index (χ0v) is 15.8. The van der Waals surface area contributed by atoms with E-state index in [1.54, 1.807) is 24.3 Å². The van der Waals surface area contributed by atoms with Crippen molar-refractivity contribution in [3.05, 3.63) is 48.5 Å². The van der Waals surface area contributed by atoms with Gasteiger partial charge in [0.1, 0.15) is 17.2 Å². The molecule has 7 heteroatoms. The normalized spacial score (nSPS) is 10.4. The molecule has 4 nitrogen and oxygen atoms in total. The molecule has 2 rings (SSSR count). The van der Waals surface area contributed by atoms with Crippen molar-refractivity contribution in [2.24, 2.45) is 0 Å². The van der Waals surface area contributed by atoms with Crippen LogP contribution in [0.15, 0.2) is 32.5 Å². The molecule has 0 amide bonds. The Morgan fingerprint density at radius 2 is 1.95 bits per heavy atom. The average molecular weight is 448 g/mol. The number of hydrogen-bond acceptors (Lipinski definition) is 5. The van der Waals surface area contributed by atoms with Crippen LogP contribution in [0, 0.1) is 0 Å². The molecular formula is C15H12Br2O4S. The first-order chi connectivity index (χ1) is 10.4. The second kappa shape index (κ2) is 7.39. The first-order valence-electron chi connectivity index (χ1n) is 6.22. The van der Waals surface area contributed by atoms with E-state index < -0.39 is 5.97 Å². The van der Waals surface area contributed by atoms with Crippen LogP contribution >= 0.6 is 43.2 Å². The standard InChI is InChI=1S/C15H12Br2O4S/c1-8(18)9-3-4-12(20-2)10(5-9)7-21-15(19)13-6-11(16)14(17)22-13/h3-6H,7H2,1-2H3. The molecule has 0 aliphatic carbocycles. The average Bonchev–Trinajstić information content (AvgIpc) is 2.84. The van der Waals surface area contributed by atoms with Crippen molar-refractivity contribution >= 4 is 54.9 Å². The largest absolute Gasteiger partial charge is 0.496 e. The van der Waals surface area contributed by atoms with Gasteiger partial charge < -0.3 is 9.47 Å². The third-order valence-corrected chi connectivity index (χ3v) is 6.13. The van der Waals surface area contributed by atoms with Crippen molar-refractivity contribution in [1.29, 1.82) is 0 Å². The third kappa shape index (κ3) is 3.97. The lowest BCUT2D eigenvalue weighted by atomic mass is 10.1. The number of esters is 1. The van der Waals surface area contributed by atoms with E-state index in [1.807, 2.05) is 0 Å². The van der Waals surface area contributed by atoms with Gasteiger partial charge in [-0.25, -0.2) is 4.79 Å². The lowest BCUT2D eigenvalue weighted by Gasteiger charge is -2.10. The van der Waals surface area contributed by atoms with Crippen LogP contribution in [0.3, 0.4) is 0 Å². The number of halogens is 2. The summed E-state index contributed by atoms with van der Waals surface area (Å²) in [5.41, 5.74) is 1.20. The van der Waals surface area contributed by atoms with Gasteiger partial charge in [0.15, 0.2) is 5.78 Å². The highest BCUT2D eigenvalue weighted by Crippen LogP contribution is 2.33. The molecule has 0 N–H and O–H groups in total. The number of thiophene rings is 1. The molecule has 0 aliphatic heterocycles. The van der Waals surface area contributed by atoms with Gasteiger partial charge in [-0.3, -0.25) is 4.79 Å². The minimum Gasteiger partial charge on any atom is -0.496 e. The molecule has 116 valence electrons. The highest BCUT2D eigenvalue weighted by molar-refractivity contribution is 9.13. The SMILES string of the molecule is COc1ccc(C(C)=O)cc1COC(=O)c1cc(Br)c(Br)s1. The van der Waals surface area contributed by atoms with Gasteiger partial charge in [-0.1, -0.05) is 0 Å². The molecule has 0 atom stereocenters. The van der Waals surface area contributed by atoms with Crippen LogP contribution < -0.4 is 4.74 Å². The zero-order chi connectivity index (χ0) is 16.3. The molecule has 1 heterocycles. The van der Waals surface area contributed by atoms with Crippen molar-refractivity contribution < 1.29 is 19.1 Å². The molecule has 0 unspecified atom stereocenters. The van der Waals surface area contributed by atoms with Gasteiger partial charge in [0.2, 0.25) is 0 Å². The lowest BCUT2D eigenvalue weighted by molar-refractivity contribution is 0.0476. The minimum atomic E-state index is -0.424. The zero-order valence-electron chi connectivity index (χ0n) is 11.8. The maximum atomic E-state index is 12.0. The van der Waals surface area contributed by atoms with Gasteiger partial charge in [-0.15, -0.1) is 11.3 Å². The van der Waals surface area contributed by atoms with Gasteiger partial charge in [0.25, 0.3) is 0 Å². The fourth-order valence-corrected chi connectivity index (χ4v) is 3.70. The Hall–Kier alpha value is -1.18. The Bertz CT molecular complexity index is 705. The predicted octanol–water partition coefficient (Wildman–Crippen LogP) is 4.84. The Kier molecular flexibility index (Phi) is 5.77. The maximum absolute atomic E-state index is 12.0. The van der Waals surface area contributed by atoms with E-state index in [2.05, 4.69) is 31.9 Å². The molecule has 0 radical (unpaired) electrons. The molecule has 1 aromatic carbocycles. The summed E-state index contributed by atoms with van der Waals surface area (Å²) >= 11 is 7.95. The lowest BCUT2D eigenvalue weighted by Crippen LogP contribution is -2.05. The van der Waals surface area contributed by atoms with E-state index in [4.69, 9.17) is 9.47 Å². The van der Waals surface area contributed by atoms with E-state index in [1.165, 1.54) is 25.4 Å². The van der Waals surface area contributed by atoms with E-state index in [0.29, 0.717) is 21.8 Å². The number of benzene rings is 1. The number of methoxy groups -OCH3 is 1. The molecule has 0 spiro atoms. The fourth-order valence-electron chi connectivity index (χ4n) is 1.77. The molecular weight excluding hydrogens is 436 g/mol. The number of ketones is 1. The Morgan fingerprint density at radius 1 is 1.23 bits per heavy atom. The van der Waals surface area contributed by atoms with Crippen molar-refractivity contribution in [3.8, 4) is 5.75 Å². The van der Waals surface area contributed by atoms with Gasteiger partial charge in [0, 0.05) is 15.6 Å². The minimum absolute atomic E-state index is 0.0380. The van der Waals surface area contributed by atoms with Crippen molar-refractivity contribution in [3.63, 3.8) is 0 Å². The molecule has 0 saturated carbocycles. The van der Waals surface area contributed by atoms with E-state index in [0.717, 1.165) is 8.26 Å². The summed E-state index contributed by atoms with van der Waals surface area (Å²) in [5, 5.41) is 0. The summed E-state index contributed by atoms with van der Waals surface area (Å²) in [6.07, 6.45) is 0. The van der Waals surface area contributed by atoms with Crippen molar-refractivity contribution in [2.75, 3.05) is 7.11 Å². The summed E-state index contributed by atoms with van der Waals surface area (Å²) in [6, 6.07) is 6.74. The Morgan fingerprint density at radius 3 is 2.50 bits per heavy atom. The molecule has 0 aliphatic rings. The van der Waals surface area contributed by atoms with Gasteiger partial charge >= 0.3 is 5.97 Å². The molecule has 0 bridgehead atoms. The molecule has 2 aromatic rings. The van der Waals surface area contributed by atoms with Crippen molar-refractivity contribution in [2.45, 2.75) is 13.5 Å². The van der Waals surface area contributed by atoms with Crippen LogP contribution in [0.4, 0.5) is 0 Å². The number of ether oxygens (including phenoxy) is 2. The Balaban J connectivity index is 2.14. The van der Waals surface area contributed by atoms with Crippen LogP contribution in [0.25, 0.3) is 0 Å². The highest BCUT2D eigenvalue weighted by atomic mass is 79.9.